The van der Waals surface area contributed by atoms with E-state index in [-0.39, 0.29) is 12.4 Å². The first-order valence-corrected chi connectivity index (χ1v) is 3.16. The van der Waals surface area contributed by atoms with Gasteiger partial charge in [-0.1, -0.05) is 0 Å². The molecule has 1 atom stereocenters. The highest BCUT2D eigenvalue weighted by atomic mass is 16.6. The van der Waals surface area contributed by atoms with Crippen LogP contribution in [0, 0.1) is 5.41 Å². The summed E-state index contributed by atoms with van der Waals surface area (Å²) in [5, 5.41) is 6.91. The third-order valence-electron chi connectivity index (χ3n) is 1.02. The Labute approximate surface area is 65.0 Å². The first-order chi connectivity index (χ1) is 5.13. The van der Waals surface area contributed by atoms with Gasteiger partial charge in [-0.3, -0.25) is 5.41 Å². The zero-order chi connectivity index (χ0) is 8.85. The Kier molecular flexibility index (Phi) is 4.21. The third kappa shape index (κ3) is 2.99. The van der Waals surface area contributed by atoms with Gasteiger partial charge in [0, 0.05) is 7.11 Å². The second-order valence-electron chi connectivity index (χ2n) is 1.82. The molecule has 5 nitrogen and oxygen atoms in total. The van der Waals surface area contributed by atoms with Gasteiger partial charge < -0.3 is 15.2 Å². The van der Waals surface area contributed by atoms with E-state index in [1.807, 2.05) is 0 Å². The lowest BCUT2D eigenvalue weighted by Crippen LogP contribution is -2.38. The monoisotopic (exact) mass is 160 g/mol. The van der Waals surface area contributed by atoms with Crippen LogP contribution in [0.4, 0.5) is 0 Å². The third-order valence-corrected chi connectivity index (χ3v) is 1.02. The van der Waals surface area contributed by atoms with E-state index in [1.54, 1.807) is 6.92 Å². The molecule has 0 aliphatic heterocycles. The summed E-state index contributed by atoms with van der Waals surface area (Å²) < 4.78 is 9.17. The van der Waals surface area contributed by atoms with E-state index in [2.05, 4.69) is 9.47 Å². The Bertz CT molecular complexity index is 158. The minimum atomic E-state index is -1.06. The summed E-state index contributed by atoms with van der Waals surface area (Å²) in [5.74, 6) is -0.964. The number of nitrogens with one attached hydrogen (secondary N) is 1. The molecule has 1 unspecified atom stereocenters. The lowest BCUT2D eigenvalue weighted by molar-refractivity contribution is -0.150. The van der Waals surface area contributed by atoms with Crippen LogP contribution in [-0.4, -0.2) is 31.6 Å². The van der Waals surface area contributed by atoms with Crippen LogP contribution in [0.3, 0.4) is 0 Å². The second kappa shape index (κ2) is 4.68. The molecule has 0 amide bonds. The molecule has 64 valence electrons. The predicted octanol–water partition coefficient (Wildman–Crippen LogP) is -0.500. The molecule has 0 saturated carbocycles. The van der Waals surface area contributed by atoms with Crippen molar-refractivity contribution in [1.82, 2.24) is 0 Å². The summed E-state index contributed by atoms with van der Waals surface area (Å²) in [6.45, 7) is 1.93. The molecule has 0 aliphatic carbocycles. The van der Waals surface area contributed by atoms with Crippen molar-refractivity contribution in [3.05, 3.63) is 0 Å². The molecule has 3 N–H and O–H groups in total. The smallest absolute Gasteiger partial charge is 0.343 e. The van der Waals surface area contributed by atoms with E-state index in [1.165, 1.54) is 7.11 Å². The number of carbonyl (C=O) groups is 1. The minimum Gasteiger partial charge on any atom is -0.464 e. The number of nitrogens with two attached hydrogens (primary N) is 1. The minimum absolute atomic E-state index is 0.256. The van der Waals surface area contributed by atoms with Gasteiger partial charge in [-0.2, -0.15) is 0 Å². The number of methoxy groups -OCH3 is 1. The highest BCUT2D eigenvalue weighted by Crippen LogP contribution is 1.92. The molecule has 0 spiro atoms. The SMILES string of the molecule is CCOC(=O)C(OC)C(=N)N. The fourth-order valence-corrected chi connectivity index (χ4v) is 0.568. The quantitative estimate of drug-likeness (QED) is 0.330. The van der Waals surface area contributed by atoms with Gasteiger partial charge >= 0.3 is 5.97 Å². The van der Waals surface area contributed by atoms with Gasteiger partial charge in [0.15, 0.2) is 0 Å². The van der Waals surface area contributed by atoms with Crippen molar-refractivity contribution in [2.75, 3.05) is 13.7 Å². The van der Waals surface area contributed by atoms with E-state index >= 15 is 0 Å². The zero-order valence-corrected chi connectivity index (χ0v) is 6.59. The molecule has 5 heteroatoms. The number of esters is 1. The molecule has 0 bridgehead atoms. The highest BCUT2D eigenvalue weighted by Gasteiger charge is 2.21. The number of ether oxygens (including phenoxy) is 2. The van der Waals surface area contributed by atoms with Crippen LogP contribution in [-0.2, 0) is 14.3 Å². The Hall–Kier alpha value is -1.10. The van der Waals surface area contributed by atoms with E-state index in [9.17, 15) is 4.79 Å². The molecule has 0 saturated heterocycles. The average molecular weight is 160 g/mol. The normalized spacial score (nSPS) is 12.2. The number of carbonyl (C=O) groups excluding carboxylic acids is 1. The van der Waals surface area contributed by atoms with Gasteiger partial charge in [0.1, 0.15) is 5.84 Å². The van der Waals surface area contributed by atoms with Crippen LogP contribution in [0.15, 0.2) is 0 Å². The van der Waals surface area contributed by atoms with E-state index in [4.69, 9.17) is 11.1 Å². The summed E-state index contributed by atoms with van der Waals surface area (Å²) in [5.41, 5.74) is 5.04. The van der Waals surface area contributed by atoms with Crippen LogP contribution in [0.1, 0.15) is 6.92 Å². The summed E-state index contributed by atoms with van der Waals surface area (Å²) in [7, 11) is 1.29. The van der Waals surface area contributed by atoms with Crippen molar-refractivity contribution in [2.24, 2.45) is 5.73 Å². The molecule has 0 rings (SSSR count). The molecule has 0 aromatic carbocycles. The molecule has 11 heavy (non-hydrogen) atoms. The average Bonchev–Trinajstić information content (AvgIpc) is 1.88. The Morgan fingerprint density at radius 1 is 1.73 bits per heavy atom. The van der Waals surface area contributed by atoms with Crippen molar-refractivity contribution >= 4 is 11.8 Å². The van der Waals surface area contributed by atoms with Crippen molar-refractivity contribution in [2.45, 2.75) is 13.0 Å². The topological polar surface area (TPSA) is 85.4 Å². The summed E-state index contributed by atoms with van der Waals surface area (Å²) >= 11 is 0. The van der Waals surface area contributed by atoms with Crippen LogP contribution < -0.4 is 5.73 Å². The number of amidine groups is 1. The van der Waals surface area contributed by atoms with Crippen molar-refractivity contribution in [3.8, 4) is 0 Å². The fourth-order valence-electron chi connectivity index (χ4n) is 0.568. The summed E-state index contributed by atoms with van der Waals surface area (Å²) in [6.07, 6.45) is -1.06. The first kappa shape index (κ1) is 9.90. The van der Waals surface area contributed by atoms with Crippen molar-refractivity contribution in [3.63, 3.8) is 0 Å². The van der Waals surface area contributed by atoms with Gasteiger partial charge in [0.2, 0.25) is 6.10 Å². The molecule has 0 heterocycles. The molecular weight excluding hydrogens is 148 g/mol. The maximum atomic E-state index is 10.8. The van der Waals surface area contributed by atoms with Gasteiger partial charge in [0.05, 0.1) is 6.61 Å². The van der Waals surface area contributed by atoms with Gasteiger partial charge in [-0.05, 0) is 6.92 Å². The largest absolute Gasteiger partial charge is 0.464 e. The number of hydrogen-bond acceptors (Lipinski definition) is 4. The van der Waals surface area contributed by atoms with Crippen LogP contribution >= 0.6 is 0 Å². The van der Waals surface area contributed by atoms with Crippen LogP contribution in [0.5, 0.6) is 0 Å². The standard InChI is InChI=1S/C6H12N2O3/c1-3-11-6(9)4(10-2)5(7)8/h4H,3H2,1-2H3,(H3,7,8). The summed E-state index contributed by atoms with van der Waals surface area (Å²) in [6, 6.07) is 0. The lowest BCUT2D eigenvalue weighted by Gasteiger charge is -2.10. The second-order valence-corrected chi connectivity index (χ2v) is 1.82. The van der Waals surface area contributed by atoms with Crippen LogP contribution in [0.2, 0.25) is 0 Å². The predicted molar refractivity (Wildman–Crippen MR) is 39.3 cm³/mol. The molecule has 0 radical (unpaired) electrons. The molecule has 0 fully saturated rings. The van der Waals surface area contributed by atoms with Crippen molar-refractivity contribution < 1.29 is 14.3 Å². The fraction of sp³-hybridized carbons (Fsp3) is 0.667. The summed E-state index contributed by atoms with van der Waals surface area (Å²) in [4.78, 5) is 10.8. The highest BCUT2D eigenvalue weighted by molar-refractivity contribution is 6.01. The van der Waals surface area contributed by atoms with E-state index in [0.29, 0.717) is 0 Å². The number of rotatable bonds is 4. The molecule has 0 aromatic rings. The Morgan fingerprint density at radius 3 is 2.55 bits per heavy atom. The Morgan fingerprint density at radius 2 is 2.27 bits per heavy atom. The Balaban J connectivity index is 4.03. The lowest BCUT2D eigenvalue weighted by atomic mass is 10.3. The maximum Gasteiger partial charge on any atom is 0.343 e. The van der Waals surface area contributed by atoms with Crippen molar-refractivity contribution in [1.29, 1.82) is 5.41 Å². The molecular formula is C6H12N2O3. The zero-order valence-electron chi connectivity index (χ0n) is 6.59. The molecule has 0 aliphatic rings. The number of hydrogen-bond donors (Lipinski definition) is 2. The van der Waals surface area contributed by atoms with Gasteiger partial charge in [-0.15, -0.1) is 0 Å². The van der Waals surface area contributed by atoms with Gasteiger partial charge in [0.25, 0.3) is 0 Å². The molecule has 0 aromatic heterocycles. The van der Waals surface area contributed by atoms with Crippen LogP contribution in [0.25, 0.3) is 0 Å². The first-order valence-electron chi connectivity index (χ1n) is 3.16. The van der Waals surface area contributed by atoms with E-state index < -0.39 is 12.1 Å². The van der Waals surface area contributed by atoms with Gasteiger partial charge in [-0.25, -0.2) is 4.79 Å². The maximum absolute atomic E-state index is 10.8. The van der Waals surface area contributed by atoms with E-state index in [0.717, 1.165) is 0 Å².